The molecule has 0 spiro atoms. The van der Waals surface area contributed by atoms with Crippen molar-refractivity contribution in [3.05, 3.63) is 41.5 Å². The number of hydrogen-bond acceptors (Lipinski definition) is 4. The second-order valence-electron chi connectivity index (χ2n) is 4.33. The molecule has 0 unspecified atom stereocenters. The van der Waals surface area contributed by atoms with Crippen LogP contribution in [0.3, 0.4) is 0 Å². The van der Waals surface area contributed by atoms with Crippen LogP contribution >= 0.6 is 0 Å². The van der Waals surface area contributed by atoms with Crippen LogP contribution in [0.4, 0.5) is 0 Å². The molecule has 19 heavy (non-hydrogen) atoms. The molecule has 0 fully saturated rings. The highest BCUT2D eigenvalue weighted by atomic mass is 16.4. The van der Waals surface area contributed by atoms with Crippen LogP contribution < -0.4 is 0 Å². The van der Waals surface area contributed by atoms with Crippen molar-refractivity contribution in [3.63, 3.8) is 0 Å². The number of aromatic nitrogens is 3. The number of pyridine rings is 1. The van der Waals surface area contributed by atoms with Crippen molar-refractivity contribution in [1.82, 2.24) is 15.0 Å². The highest BCUT2D eigenvalue weighted by Crippen LogP contribution is 2.18. The Morgan fingerprint density at radius 3 is 2.47 bits per heavy atom. The second-order valence-corrected chi connectivity index (χ2v) is 4.33. The zero-order chi connectivity index (χ0) is 13.8. The fourth-order valence-corrected chi connectivity index (χ4v) is 1.96. The van der Waals surface area contributed by atoms with Crippen molar-refractivity contribution in [2.75, 3.05) is 0 Å². The first kappa shape index (κ1) is 13.1. The molecule has 2 aromatic rings. The number of rotatable bonds is 4. The molecule has 5 heteroatoms. The van der Waals surface area contributed by atoms with Gasteiger partial charge in [0.15, 0.2) is 5.82 Å². The molecule has 0 aliphatic heterocycles. The molecule has 2 aromatic heterocycles. The summed E-state index contributed by atoms with van der Waals surface area (Å²) in [6, 6.07) is 3.74. The van der Waals surface area contributed by atoms with E-state index in [1.807, 2.05) is 26.0 Å². The molecule has 0 amide bonds. The molecule has 0 radical (unpaired) electrons. The minimum absolute atomic E-state index is 0.0945. The summed E-state index contributed by atoms with van der Waals surface area (Å²) >= 11 is 0. The minimum atomic E-state index is -0.810. The molecule has 1 N–H and O–H groups in total. The van der Waals surface area contributed by atoms with Gasteiger partial charge in [-0.2, -0.15) is 0 Å². The third kappa shape index (κ3) is 3.13. The van der Waals surface area contributed by atoms with Crippen molar-refractivity contribution in [2.24, 2.45) is 0 Å². The molecule has 0 saturated carbocycles. The predicted molar refractivity (Wildman–Crippen MR) is 70.7 cm³/mol. The van der Waals surface area contributed by atoms with E-state index in [-0.39, 0.29) is 6.42 Å². The van der Waals surface area contributed by atoms with Gasteiger partial charge in [0.25, 0.3) is 0 Å². The van der Waals surface area contributed by atoms with Crippen LogP contribution in [-0.2, 0) is 11.2 Å². The topological polar surface area (TPSA) is 76.0 Å². The summed E-state index contributed by atoms with van der Waals surface area (Å²) in [5, 5.41) is 8.74. The van der Waals surface area contributed by atoms with Gasteiger partial charge in [-0.15, -0.1) is 0 Å². The van der Waals surface area contributed by atoms with Gasteiger partial charge in [0.05, 0.1) is 0 Å². The molecule has 0 aromatic carbocycles. The van der Waals surface area contributed by atoms with Crippen molar-refractivity contribution in [2.45, 2.75) is 26.7 Å². The number of hydrogen-bond donors (Lipinski definition) is 1. The van der Waals surface area contributed by atoms with E-state index >= 15 is 0 Å². The molecule has 0 atom stereocenters. The maximum atomic E-state index is 10.6. The first-order valence-corrected chi connectivity index (χ1v) is 6.04. The lowest BCUT2D eigenvalue weighted by Gasteiger charge is -2.09. The number of carboxylic acids is 1. The van der Waals surface area contributed by atoms with Gasteiger partial charge < -0.3 is 5.11 Å². The molecule has 0 aliphatic carbocycles. The summed E-state index contributed by atoms with van der Waals surface area (Å²) in [6.45, 7) is 3.76. The second kappa shape index (κ2) is 5.56. The smallest absolute Gasteiger partial charge is 0.303 e. The Labute approximate surface area is 111 Å². The van der Waals surface area contributed by atoms with Gasteiger partial charge in [0.2, 0.25) is 0 Å². The lowest BCUT2D eigenvalue weighted by molar-refractivity contribution is -0.136. The van der Waals surface area contributed by atoms with Crippen LogP contribution in [0.5, 0.6) is 0 Å². The lowest BCUT2D eigenvalue weighted by Crippen LogP contribution is -2.06. The van der Waals surface area contributed by atoms with E-state index in [1.165, 1.54) is 0 Å². The standard InChI is InChI=1S/C14H15N3O2/c1-9-12(5-6-13(18)19)10(2)17-14(16-9)11-4-3-7-15-8-11/h3-4,7-8H,5-6H2,1-2H3,(H,18,19). The van der Waals surface area contributed by atoms with Crippen molar-refractivity contribution >= 4 is 5.97 Å². The molecular weight excluding hydrogens is 242 g/mol. The summed E-state index contributed by atoms with van der Waals surface area (Å²) in [5.74, 6) is -0.183. The van der Waals surface area contributed by atoms with E-state index in [9.17, 15) is 4.79 Å². The molecule has 2 rings (SSSR count). The number of nitrogens with zero attached hydrogens (tertiary/aromatic N) is 3. The average molecular weight is 257 g/mol. The summed E-state index contributed by atoms with van der Waals surface area (Å²) in [4.78, 5) is 23.6. The molecule has 2 heterocycles. The van der Waals surface area contributed by atoms with Crippen molar-refractivity contribution < 1.29 is 9.90 Å². The Morgan fingerprint density at radius 1 is 1.26 bits per heavy atom. The first-order valence-electron chi connectivity index (χ1n) is 6.04. The van der Waals surface area contributed by atoms with E-state index in [4.69, 9.17) is 5.11 Å². The first-order chi connectivity index (χ1) is 9.08. The van der Waals surface area contributed by atoms with Gasteiger partial charge in [-0.1, -0.05) is 0 Å². The molecule has 0 bridgehead atoms. The Kier molecular flexibility index (Phi) is 3.85. The number of carboxylic acid groups (broad SMARTS) is 1. The molecule has 5 nitrogen and oxygen atoms in total. The van der Waals surface area contributed by atoms with E-state index in [0.29, 0.717) is 12.2 Å². The van der Waals surface area contributed by atoms with Gasteiger partial charge in [0, 0.05) is 35.8 Å². The summed E-state index contributed by atoms with van der Waals surface area (Å²) in [5.41, 5.74) is 3.42. The molecule has 0 saturated heterocycles. The van der Waals surface area contributed by atoms with Crippen LogP contribution in [0.2, 0.25) is 0 Å². The van der Waals surface area contributed by atoms with E-state index in [0.717, 1.165) is 22.5 Å². The van der Waals surface area contributed by atoms with Crippen LogP contribution in [-0.4, -0.2) is 26.0 Å². The normalized spacial score (nSPS) is 10.4. The van der Waals surface area contributed by atoms with E-state index in [1.54, 1.807) is 12.4 Å². The number of aliphatic carboxylic acids is 1. The zero-order valence-electron chi connectivity index (χ0n) is 10.9. The van der Waals surface area contributed by atoms with E-state index in [2.05, 4.69) is 15.0 Å². The molecule has 98 valence electrons. The molecular formula is C14H15N3O2. The lowest BCUT2D eigenvalue weighted by atomic mass is 10.1. The summed E-state index contributed by atoms with van der Waals surface area (Å²) in [6.07, 6.45) is 3.97. The Balaban J connectivity index is 2.34. The average Bonchev–Trinajstić information content (AvgIpc) is 2.38. The monoisotopic (exact) mass is 257 g/mol. The largest absolute Gasteiger partial charge is 0.481 e. The van der Waals surface area contributed by atoms with Crippen LogP contribution in [0.15, 0.2) is 24.5 Å². The molecule has 0 aliphatic rings. The third-order valence-corrected chi connectivity index (χ3v) is 2.93. The van der Waals surface area contributed by atoms with Gasteiger partial charge in [0.1, 0.15) is 0 Å². The predicted octanol–water partition coefficient (Wildman–Crippen LogP) is 2.17. The maximum absolute atomic E-state index is 10.6. The SMILES string of the molecule is Cc1nc(-c2cccnc2)nc(C)c1CCC(=O)O. The highest BCUT2D eigenvalue weighted by Gasteiger charge is 2.11. The zero-order valence-corrected chi connectivity index (χ0v) is 10.9. The fraction of sp³-hybridized carbons (Fsp3) is 0.286. The highest BCUT2D eigenvalue weighted by molar-refractivity contribution is 5.67. The van der Waals surface area contributed by atoms with Gasteiger partial charge >= 0.3 is 5.97 Å². The summed E-state index contributed by atoms with van der Waals surface area (Å²) < 4.78 is 0. The fourth-order valence-electron chi connectivity index (χ4n) is 1.96. The van der Waals surface area contributed by atoms with Gasteiger partial charge in [-0.25, -0.2) is 9.97 Å². The Hall–Kier alpha value is -2.30. The van der Waals surface area contributed by atoms with Crippen LogP contribution in [0.1, 0.15) is 23.4 Å². The van der Waals surface area contributed by atoms with Gasteiger partial charge in [-0.3, -0.25) is 9.78 Å². The Bertz CT molecular complexity index is 574. The van der Waals surface area contributed by atoms with Crippen molar-refractivity contribution in [1.29, 1.82) is 0 Å². The summed E-state index contributed by atoms with van der Waals surface area (Å²) in [7, 11) is 0. The Morgan fingerprint density at radius 2 is 1.95 bits per heavy atom. The van der Waals surface area contributed by atoms with Crippen molar-refractivity contribution in [3.8, 4) is 11.4 Å². The van der Waals surface area contributed by atoms with Gasteiger partial charge in [-0.05, 0) is 38.0 Å². The van der Waals surface area contributed by atoms with Crippen LogP contribution in [0.25, 0.3) is 11.4 Å². The van der Waals surface area contributed by atoms with E-state index < -0.39 is 5.97 Å². The quantitative estimate of drug-likeness (QED) is 0.908. The van der Waals surface area contributed by atoms with Crippen LogP contribution in [0, 0.1) is 13.8 Å². The number of aryl methyl sites for hydroxylation is 2. The third-order valence-electron chi connectivity index (χ3n) is 2.93. The maximum Gasteiger partial charge on any atom is 0.303 e. The minimum Gasteiger partial charge on any atom is -0.481 e. The number of carbonyl (C=O) groups is 1.